The topological polar surface area (TPSA) is 87.6 Å². The van der Waals surface area contributed by atoms with E-state index in [1.165, 1.54) is 0 Å². The van der Waals surface area contributed by atoms with Gasteiger partial charge >= 0.3 is 0 Å². The largest absolute Gasteiger partial charge is 0.409 e. The second kappa shape index (κ2) is 6.03. The standard InChI is InChI=1S/C11H19N5O/c1-8(2)16(5-4-10(12)15-17)11-6-9(3)13-7-14-11/h6-8,17H,4-5H2,1-3H3,(H2,12,15). The minimum absolute atomic E-state index is 0.224. The van der Waals surface area contributed by atoms with Crippen molar-refractivity contribution < 1.29 is 5.21 Å². The Bertz CT molecular complexity index is 391. The first kappa shape index (κ1) is 13.2. The lowest BCUT2D eigenvalue weighted by atomic mass is 10.2. The molecule has 0 aliphatic heterocycles. The highest BCUT2D eigenvalue weighted by molar-refractivity contribution is 5.80. The molecule has 1 aromatic rings. The van der Waals surface area contributed by atoms with Gasteiger partial charge in [-0.2, -0.15) is 0 Å². The maximum Gasteiger partial charge on any atom is 0.140 e. The van der Waals surface area contributed by atoms with E-state index in [4.69, 9.17) is 10.9 Å². The fraction of sp³-hybridized carbons (Fsp3) is 0.545. The lowest BCUT2D eigenvalue weighted by molar-refractivity contribution is 0.317. The molecule has 1 aromatic heterocycles. The molecule has 0 saturated carbocycles. The molecule has 1 rings (SSSR count). The van der Waals surface area contributed by atoms with Crippen LogP contribution in [0.25, 0.3) is 0 Å². The van der Waals surface area contributed by atoms with Crippen molar-refractivity contribution in [3.63, 3.8) is 0 Å². The van der Waals surface area contributed by atoms with Crippen molar-refractivity contribution in [1.82, 2.24) is 9.97 Å². The Morgan fingerprint density at radius 3 is 2.76 bits per heavy atom. The second-order valence-electron chi connectivity index (χ2n) is 4.15. The molecule has 1 heterocycles. The van der Waals surface area contributed by atoms with Gasteiger partial charge in [-0.1, -0.05) is 5.16 Å². The number of hydrogen-bond acceptors (Lipinski definition) is 5. The zero-order valence-corrected chi connectivity index (χ0v) is 10.5. The fourth-order valence-electron chi connectivity index (χ4n) is 1.52. The van der Waals surface area contributed by atoms with Crippen LogP contribution in [-0.4, -0.2) is 33.6 Å². The quantitative estimate of drug-likeness (QED) is 0.347. The van der Waals surface area contributed by atoms with Gasteiger partial charge in [0, 0.05) is 30.8 Å². The number of nitrogens with zero attached hydrogens (tertiary/aromatic N) is 4. The van der Waals surface area contributed by atoms with Crippen LogP contribution in [-0.2, 0) is 0 Å². The Hall–Kier alpha value is -1.85. The van der Waals surface area contributed by atoms with Crippen molar-refractivity contribution in [2.75, 3.05) is 11.4 Å². The van der Waals surface area contributed by atoms with Crippen LogP contribution in [0.4, 0.5) is 5.82 Å². The minimum atomic E-state index is 0.224. The summed E-state index contributed by atoms with van der Waals surface area (Å²) < 4.78 is 0. The van der Waals surface area contributed by atoms with Gasteiger partial charge in [0.1, 0.15) is 18.0 Å². The summed E-state index contributed by atoms with van der Waals surface area (Å²) in [5.41, 5.74) is 6.39. The molecule has 6 heteroatoms. The van der Waals surface area contributed by atoms with Crippen LogP contribution in [0, 0.1) is 6.92 Å². The highest BCUT2D eigenvalue weighted by Crippen LogP contribution is 2.14. The SMILES string of the molecule is Cc1cc(N(CC/C(N)=N/O)C(C)C)ncn1. The molecule has 0 atom stereocenters. The smallest absolute Gasteiger partial charge is 0.140 e. The van der Waals surface area contributed by atoms with Crippen LogP contribution >= 0.6 is 0 Å². The minimum Gasteiger partial charge on any atom is -0.409 e. The summed E-state index contributed by atoms with van der Waals surface area (Å²) in [7, 11) is 0. The molecule has 0 bridgehead atoms. The van der Waals surface area contributed by atoms with E-state index in [-0.39, 0.29) is 11.9 Å². The highest BCUT2D eigenvalue weighted by atomic mass is 16.4. The van der Waals surface area contributed by atoms with E-state index in [1.807, 2.05) is 13.0 Å². The van der Waals surface area contributed by atoms with Crippen LogP contribution in [0.1, 0.15) is 26.0 Å². The summed E-state index contributed by atoms with van der Waals surface area (Å²) in [6, 6.07) is 2.21. The maximum absolute atomic E-state index is 8.52. The fourth-order valence-corrected chi connectivity index (χ4v) is 1.52. The molecule has 0 radical (unpaired) electrons. The number of nitrogens with two attached hydrogens (primary N) is 1. The first-order chi connectivity index (χ1) is 8.04. The molecule has 0 aliphatic rings. The van der Waals surface area contributed by atoms with Gasteiger partial charge in [0.15, 0.2) is 0 Å². The summed E-state index contributed by atoms with van der Waals surface area (Å²) >= 11 is 0. The molecule has 6 nitrogen and oxygen atoms in total. The van der Waals surface area contributed by atoms with Crippen LogP contribution < -0.4 is 10.6 Å². The van der Waals surface area contributed by atoms with Gasteiger partial charge in [0.05, 0.1) is 0 Å². The zero-order chi connectivity index (χ0) is 12.8. The Morgan fingerprint density at radius 2 is 2.24 bits per heavy atom. The van der Waals surface area contributed by atoms with E-state index in [2.05, 4.69) is 33.9 Å². The molecular formula is C11H19N5O. The van der Waals surface area contributed by atoms with Gasteiger partial charge in [-0.25, -0.2) is 9.97 Å². The van der Waals surface area contributed by atoms with Crippen molar-refractivity contribution in [2.24, 2.45) is 10.9 Å². The van der Waals surface area contributed by atoms with Crippen LogP contribution in [0.2, 0.25) is 0 Å². The Morgan fingerprint density at radius 1 is 1.53 bits per heavy atom. The van der Waals surface area contributed by atoms with Crippen LogP contribution in [0.3, 0.4) is 0 Å². The predicted molar refractivity (Wildman–Crippen MR) is 67.3 cm³/mol. The number of rotatable bonds is 5. The number of amidine groups is 1. The van der Waals surface area contributed by atoms with Gasteiger partial charge in [0.25, 0.3) is 0 Å². The predicted octanol–water partition coefficient (Wildman–Crippen LogP) is 1.14. The molecule has 0 unspecified atom stereocenters. The van der Waals surface area contributed by atoms with Crippen LogP contribution in [0.5, 0.6) is 0 Å². The van der Waals surface area contributed by atoms with Crippen molar-refractivity contribution in [3.8, 4) is 0 Å². The van der Waals surface area contributed by atoms with E-state index >= 15 is 0 Å². The molecule has 94 valence electrons. The summed E-state index contributed by atoms with van der Waals surface area (Å²) in [4.78, 5) is 10.4. The Kier molecular flexibility index (Phi) is 4.68. The number of hydrogen-bond donors (Lipinski definition) is 2. The number of anilines is 1. The summed E-state index contributed by atoms with van der Waals surface area (Å²) in [6.07, 6.45) is 2.04. The molecule has 0 saturated heterocycles. The lowest BCUT2D eigenvalue weighted by Crippen LogP contribution is -2.34. The maximum atomic E-state index is 8.52. The third-order valence-electron chi connectivity index (χ3n) is 2.44. The molecule has 0 fully saturated rings. The lowest BCUT2D eigenvalue weighted by Gasteiger charge is -2.27. The van der Waals surface area contributed by atoms with Crippen molar-refractivity contribution in [2.45, 2.75) is 33.2 Å². The van der Waals surface area contributed by atoms with E-state index in [0.717, 1.165) is 11.5 Å². The monoisotopic (exact) mass is 237 g/mol. The molecule has 3 N–H and O–H groups in total. The molecule has 0 amide bonds. The average Bonchev–Trinajstić information content (AvgIpc) is 2.28. The third kappa shape index (κ3) is 3.90. The highest BCUT2D eigenvalue weighted by Gasteiger charge is 2.12. The van der Waals surface area contributed by atoms with Crippen molar-refractivity contribution in [3.05, 3.63) is 18.1 Å². The van der Waals surface area contributed by atoms with Gasteiger partial charge in [0.2, 0.25) is 0 Å². The first-order valence-electron chi connectivity index (χ1n) is 5.56. The Balaban J connectivity index is 2.79. The number of aromatic nitrogens is 2. The van der Waals surface area contributed by atoms with E-state index in [9.17, 15) is 0 Å². The normalized spacial score (nSPS) is 11.9. The summed E-state index contributed by atoms with van der Waals surface area (Å²) in [5, 5.41) is 11.5. The Labute approximate surface area is 101 Å². The molecular weight excluding hydrogens is 218 g/mol. The third-order valence-corrected chi connectivity index (χ3v) is 2.44. The molecule has 0 spiro atoms. The van der Waals surface area contributed by atoms with Gasteiger partial charge in [-0.15, -0.1) is 0 Å². The molecule has 17 heavy (non-hydrogen) atoms. The molecule has 0 aliphatic carbocycles. The number of oxime groups is 1. The van der Waals surface area contributed by atoms with Crippen LogP contribution in [0.15, 0.2) is 17.5 Å². The summed E-state index contributed by atoms with van der Waals surface area (Å²) in [5.74, 6) is 1.08. The van der Waals surface area contributed by atoms with Gasteiger partial charge < -0.3 is 15.8 Å². The summed E-state index contributed by atoms with van der Waals surface area (Å²) in [6.45, 7) is 6.73. The van der Waals surface area contributed by atoms with Gasteiger partial charge in [-0.3, -0.25) is 0 Å². The van der Waals surface area contributed by atoms with Gasteiger partial charge in [-0.05, 0) is 20.8 Å². The van der Waals surface area contributed by atoms with E-state index in [1.54, 1.807) is 6.33 Å². The molecule has 0 aromatic carbocycles. The van der Waals surface area contributed by atoms with E-state index < -0.39 is 0 Å². The number of aryl methyl sites for hydroxylation is 1. The first-order valence-corrected chi connectivity index (χ1v) is 5.56. The van der Waals surface area contributed by atoms with Crippen molar-refractivity contribution in [1.29, 1.82) is 0 Å². The average molecular weight is 237 g/mol. The zero-order valence-electron chi connectivity index (χ0n) is 10.5. The van der Waals surface area contributed by atoms with E-state index in [0.29, 0.717) is 13.0 Å². The second-order valence-corrected chi connectivity index (χ2v) is 4.15. The van der Waals surface area contributed by atoms with Crippen molar-refractivity contribution >= 4 is 11.7 Å².